The number of nitrogens with one attached hydrogen (secondary N) is 1. The molecule has 0 saturated heterocycles. The Morgan fingerprint density at radius 3 is 2.47 bits per heavy atom. The van der Waals surface area contributed by atoms with E-state index in [0.717, 1.165) is 21.6 Å². The van der Waals surface area contributed by atoms with E-state index in [9.17, 15) is 35.2 Å². The summed E-state index contributed by atoms with van der Waals surface area (Å²) in [6.45, 7) is 0.827. The van der Waals surface area contributed by atoms with Crippen LogP contribution in [0.25, 0.3) is 28.0 Å². The Hall–Kier alpha value is -3.59. The van der Waals surface area contributed by atoms with Gasteiger partial charge in [-0.2, -0.15) is 0 Å². The molecule has 1 aliphatic heterocycles. The molecule has 190 valence electrons. The molecular weight excluding hydrogens is 513 g/mol. The first-order chi connectivity index (χ1) is 16.7. The van der Waals surface area contributed by atoms with Crippen molar-refractivity contribution in [1.82, 2.24) is 24.0 Å². The molecule has 0 fully saturated rings. The van der Waals surface area contributed by atoms with Gasteiger partial charge >= 0.3 is 5.69 Å². The van der Waals surface area contributed by atoms with Gasteiger partial charge in [0.2, 0.25) is 10.0 Å². The summed E-state index contributed by atoms with van der Waals surface area (Å²) in [5.41, 5.74) is -1.72. The molecule has 1 aromatic carbocycles. The van der Waals surface area contributed by atoms with Crippen LogP contribution < -0.4 is 10.4 Å². The number of pyridine rings is 1. The van der Waals surface area contributed by atoms with Crippen LogP contribution in [0.1, 0.15) is 11.4 Å². The minimum Gasteiger partial charge on any atom is -0.334 e. The van der Waals surface area contributed by atoms with Crippen LogP contribution in [0.5, 0.6) is 0 Å². The van der Waals surface area contributed by atoms with Gasteiger partial charge in [0, 0.05) is 41.8 Å². The fraction of sp³-hybridized carbons (Fsp3) is 0.286. The highest BCUT2D eigenvalue weighted by molar-refractivity contribution is 7.88. The monoisotopic (exact) mass is 529 g/mol. The highest BCUT2D eigenvalue weighted by Crippen LogP contribution is 2.37. The van der Waals surface area contributed by atoms with Crippen LogP contribution in [-0.4, -0.2) is 45.9 Å². The summed E-state index contributed by atoms with van der Waals surface area (Å²) in [5, 5.41) is 3.67. The van der Waals surface area contributed by atoms with Gasteiger partial charge in [-0.3, -0.25) is 4.57 Å². The topological polar surface area (TPSA) is 112 Å². The molecule has 0 saturated carbocycles. The van der Waals surface area contributed by atoms with Gasteiger partial charge in [-0.25, -0.2) is 49.4 Å². The third kappa shape index (κ3) is 3.97. The molecule has 5 rings (SSSR count). The minimum atomic E-state index is -4.01. The van der Waals surface area contributed by atoms with Crippen molar-refractivity contribution in [3.8, 4) is 16.9 Å². The van der Waals surface area contributed by atoms with Crippen molar-refractivity contribution < 1.29 is 34.9 Å². The van der Waals surface area contributed by atoms with Crippen LogP contribution in [0.2, 0.25) is 0 Å². The first-order valence-corrected chi connectivity index (χ1v) is 12.2. The highest BCUT2D eigenvalue weighted by Gasteiger charge is 2.46. The van der Waals surface area contributed by atoms with Crippen molar-refractivity contribution in [1.29, 1.82) is 0 Å². The highest BCUT2D eigenvalue weighted by atomic mass is 32.2. The maximum Gasteiger partial charge on any atom is 0.334 e. The number of alkyl halides is 2. The van der Waals surface area contributed by atoms with Crippen molar-refractivity contribution in [2.24, 2.45) is 0 Å². The summed E-state index contributed by atoms with van der Waals surface area (Å²) >= 11 is 0. The first-order valence-electron chi connectivity index (χ1n) is 10.3. The SMILES string of the molecule is Cc1cc(-c2c(F)cc(F)cc2F)c2c(-n3cc4n(c3=O)C[C@@H](NS(C)(=O)=O)C(F)(F)C4)noc2n1. The van der Waals surface area contributed by atoms with Gasteiger partial charge in [-0.15, -0.1) is 0 Å². The van der Waals surface area contributed by atoms with Crippen LogP contribution in [0.15, 0.2) is 33.7 Å². The Kier molecular flexibility index (Phi) is 5.33. The third-order valence-corrected chi connectivity index (χ3v) is 6.48. The van der Waals surface area contributed by atoms with E-state index < -0.39 is 63.7 Å². The van der Waals surface area contributed by atoms with E-state index in [0.29, 0.717) is 12.1 Å². The summed E-state index contributed by atoms with van der Waals surface area (Å²) in [7, 11) is -4.01. The number of sulfonamides is 1. The average molecular weight is 529 g/mol. The molecule has 0 aliphatic carbocycles. The first kappa shape index (κ1) is 24.1. The molecule has 3 aromatic heterocycles. The predicted octanol–water partition coefficient (Wildman–Crippen LogP) is 2.68. The molecule has 36 heavy (non-hydrogen) atoms. The second kappa shape index (κ2) is 7.96. The summed E-state index contributed by atoms with van der Waals surface area (Å²) in [6.07, 6.45) is 0.813. The molecule has 4 heterocycles. The quantitative estimate of drug-likeness (QED) is 0.407. The van der Waals surface area contributed by atoms with Crippen molar-refractivity contribution >= 4 is 21.1 Å². The van der Waals surface area contributed by atoms with E-state index in [4.69, 9.17) is 4.52 Å². The third-order valence-electron chi connectivity index (χ3n) is 5.77. The summed E-state index contributed by atoms with van der Waals surface area (Å²) in [5.74, 6) is -7.42. The Balaban J connectivity index is 1.71. The van der Waals surface area contributed by atoms with E-state index in [1.165, 1.54) is 13.0 Å². The van der Waals surface area contributed by atoms with Crippen LogP contribution >= 0.6 is 0 Å². The Bertz CT molecular complexity index is 1690. The lowest BCUT2D eigenvalue weighted by atomic mass is 10.0. The van der Waals surface area contributed by atoms with Crippen molar-refractivity contribution in [2.75, 3.05) is 6.26 Å². The Morgan fingerprint density at radius 2 is 1.83 bits per heavy atom. The lowest BCUT2D eigenvalue weighted by molar-refractivity contribution is -0.0467. The number of nitrogens with zero attached hydrogens (tertiary/aromatic N) is 4. The standard InChI is InChI=1S/C21H16F5N5O4S/c1-9-3-12(16-13(23)4-10(22)5-14(16)24)17-18(28-35-19(17)27-9)31-7-11-6-21(25,26)15(29-36(2,33)34)8-30(11)20(31)32/h3-5,7,15,29H,6,8H2,1-2H3/t15-/m1/s1. The Labute approximate surface area is 199 Å². The molecule has 0 amide bonds. The van der Waals surface area contributed by atoms with Crippen LogP contribution in [0.3, 0.4) is 0 Å². The number of benzene rings is 1. The minimum absolute atomic E-state index is 0.118. The normalized spacial score (nSPS) is 17.5. The van der Waals surface area contributed by atoms with E-state index in [-0.39, 0.29) is 33.9 Å². The lowest BCUT2D eigenvalue weighted by Gasteiger charge is -2.31. The molecule has 15 heteroatoms. The lowest BCUT2D eigenvalue weighted by Crippen LogP contribution is -2.55. The number of imidazole rings is 1. The largest absolute Gasteiger partial charge is 0.334 e. The van der Waals surface area contributed by atoms with Gasteiger partial charge in [0.05, 0.1) is 23.6 Å². The summed E-state index contributed by atoms with van der Waals surface area (Å²) < 4.78 is 104. The molecule has 1 aliphatic rings. The fourth-order valence-electron chi connectivity index (χ4n) is 4.30. The van der Waals surface area contributed by atoms with Gasteiger partial charge < -0.3 is 4.52 Å². The van der Waals surface area contributed by atoms with Gasteiger partial charge in [-0.1, -0.05) is 5.16 Å². The summed E-state index contributed by atoms with van der Waals surface area (Å²) in [6, 6.07) is 0.356. The fourth-order valence-corrected chi connectivity index (χ4v) is 5.06. The second-order valence-corrected chi connectivity index (χ2v) is 10.3. The number of aromatic nitrogens is 4. The predicted molar refractivity (Wildman–Crippen MR) is 116 cm³/mol. The molecule has 0 unspecified atom stereocenters. The number of rotatable bonds is 4. The molecule has 0 spiro atoms. The number of fused-ring (bicyclic) bond motifs is 2. The van der Waals surface area contributed by atoms with Gasteiger partial charge in [0.15, 0.2) is 5.82 Å². The summed E-state index contributed by atoms with van der Waals surface area (Å²) in [4.78, 5) is 17.3. The van der Waals surface area contributed by atoms with Crippen molar-refractivity contribution in [3.05, 3.63) is 63.7 Å². The maximum absolute atomic E-state index is 14.7. The van der Waals surface area contributed by atoms with Gasteiger partial charge in [0.1, 0.15) is 23.5 Å². The number of hydrogen-bond acceptors (Lipinski definition) is 6. The molecule has 4 aromatic rings. The van der Waals surface area contributed by atoms with Crippen LogP contribution in [-0.2, 0) is 23.0 Å². The zero-order valence-electron chi connectivity index (χ0n) is 18.5. The van der Waals surface area contributed by atoms with Crippen molar-refractivity contribution in [2.45, 2.75) is 31.9 Å². The van der Waals surface area contributed by atoms with Gasteiger partial charge in [0.25, 0.3) is 11.6 Å². The van der Waals surface area contributed by atoms with Crippen LogP contribution in [0, 0.1) is 24.4 Å². The van der Waals surface area contributed by atoms with Gasteiger partial charge in [-0.05, 0) is 13.0 Å². The number of halogens is 5. The zero-order valence-corrected chi connectivity index (χ0v) is 19.3. The average Bonchev–Trinajstić information content (AvgIpc) is 3.27. The molecule has 0 radical (unpaired) electrons. The number of hydrogen-bond donors (Lipinski definition) is 1. The number of aryl methyl sites for hydroxylation is 1. The molecule has 1 atom stereocenters. The smallest absolute Gasteiger partial charge is 0.334 e. The van der Waals surface area contributed by atoms with E-state index in [1.807, 2.05) is 4.72 Å². The van der Waals surface area contributed by atoms with E-state index in [1.54, 1.807) is 0 Å². The second-order valence-electron chi connectivity index (χ2n) is 8.51. The molecule has 9 nitrogen and oxygen atoms in total. The maximum atomic E-state index is 14.7. The zero-order chi connectivity index (χ0) is 26.2. The molecule has 0 bridgehead atoms. The van der Waals surface area contributed by atoms with E-state index in [2.05, 4.69) is 10.1 Å². The molecule has 1 N–H and O–H groups in total. The van der Waals surface area contributed by atoms with E-state index >= 15 is 0 Å². The molecular formula is C21H16F5N5O4S. The van der Waals surface area contributed by atoms with Crippen molar-refractivity contribution in [3.63, 3.8) is 0 Å². The Morgan fingerprint density at radius 1 is 1.17 bits per heavy atom. The van der Waals surface area contributed by atoms with Crippen LogP contribution in [0.4, 0.5) is 22.0 Å².